The molecule has 0 bridgehead atoms. The van der Waals surface area contributed by atoms with E-state index in [1.807, 2.05) is 0 Å². The van der Waals surface area contributed by atoms with Crippen LogP contribution in [0, 0.1) is 16.0 Å². The second-order valence-electron chi connectivity index (χ2n) is 6.65. The fourth-order valence-electron chi connectivity index (χ4n) is 3.64. The number of piperidine rings is 1. The number of anilines is 1. The number of benzene rings is 1. The molecule has 7 nitrogen and oxygen atoms in total. The zero-order valence-electron chi connectivity index (χ0n) is 14.5. The van der Waals surface area contributed by atoms with Crippen LogP contribution in [0.1, 0.15) is 12.8 Å². The molecular formula is C17H23F2N3O4. The van der Waals surface area contributed by atoms with Gasteiger partial charge in [-0.05, 0) is 24.8 Å². The molecule has 0 radical (unpaired) electrons. The number of alkyl halides is 2. The maximum atomic E-state index is 12.6. The maximum Gasteiger partial charge on any atom is 0.387 e. The van der Waals surface area contributed by atoms with Gasteiger partial charge in [0.25, 0.3) is 0 Å². The lowest BCUT2D eigenvalue weighted by molar-refractivity contribution is -0.386. The predicted molar refractivity (Wildman–Crippen MR) is 91.9 cm³/mol. The Kier molecular flexibility index (Phi) is 6.20. The average Bonchev–Trinajstić information content (AvgIpc) is 2.62. The minimum Gasteiger partial charge on any atom is -0.427 e. The number of rotatable bonds is 6. The summed E-state index contributed by atoms with van der Waals surface area (Å²) in [5.41, 5.74) is 0.230. The molecule has 26 heavy (non-hydrogen) atoms. The van der Waals surface area contributed by atoms with Crippen LogP contribution in [0.3, 0.4) is 0 Å². The Morgan fingerprint density at radius 3 is 2.77 bits per heavy atom. The van der Waals surface area contributed by atoms with E-state index in [-0.39, 0.29) is 0 Å². The first-order valence-electron chi connectivity index (χ1n) is 8.81. The van der Waals surface area contributed by atoms with E-state index in [4.69, 9.17) is 4.74 Å². The van der Waals surface area contributed by atoms with Crippen LogP contribution in [0.4, 0.5) is 20.2 Å². The Labute approximate surface area is 150 Å². The third-order valence-electron chi connectivity index (χ3n) is 4.86. The van der Waals surface area contributed by atoms with Crippen molar-refractivity contribution >= 4 is 11.4 Å². The van der Waals surface area contributed by atoms with Crippen LogP contribution >= 0.6 is 0 Å². The van der Waals surface area contributed by atoms with Gasteiger partial charge >= 0.3 is 12.3 Å². The van der Waals surface area contributed by atoms with E-state index in [2.05, 4.69) is 14.5 Å². The molecule has 144 valence electrons. The summed E-state index contributed by atoms with van der Waals surface area (Å²) < 4.78 is 34.9. The minimum atomic E-state index is -3.10. The van der Waals surface area contributed by atoms with Crippen molar-refractivity contribution in [2.75, 3.05) is 50.8 Å². The van der Waals surface area contributed by atoms with E-state index in [1.165, 1.54) is 12.1 Å². The van der Waals surface area contributed by atoms with Gasteiger partial charge in [0.2, 0.25) is 5.75 Å². The minimum absolute atomic E-state index is 0.391. The maximum absolute atomic E-state index is 12.6. The summed E-state index contributed by atoms with van der Waals surface area (Å²) >= 11 is 0. The molecule has 0 spiro atoms. The van der Waals surface area contributed by atoms with Crippen molar-refractivity contribution in [3.8, 4) is 5.75 Å². The third-order valence-corrected chi connectivity index (χ3v) is 4.86. The van der Waals surface area contributed by atoms with Crippen LogP contribution in [-0.4, -0.2) is 62.4 Å². The van der Waals surface area contributed by atoms with Crippen molar-refractivity contribution in [2.45, 2.75) is 19.5 Å². The fraction of sp³-hybridized carbons (Fsp3) is 0.647. The summed E-state index contributed by atoms with van der Waals surface area (Å²) in [6.07, 6.45) is 2.11. The monoisotopic (exact) mass is 371 g/mol. The van der Waals surface area contributed by atoms with Gasteiger partial charge in [-0.3, -0.25) is 15.0 Å². The molecule has 2 fully saturated rings. The summed E-state index contributed by atoms with van der Waals surface area (Å²) in [5.74, 6) is 0.0781. The predicted octanol–water partition coefficient (Wildman–Crippen LogP) is 2.74. The van der Waals surface area contributed by atoms with Crippen molar-refractivity contribution in [3.63, 3.8) is 0 Å². The van der Waals surface area contributed by atoms with Crippen LogP contribution in [0.15, 0.2) is 18.2 Å². The molecular weight excluding hydrogens is 348 g/mol. The largest absolute Gasteiger partial charge is 0.427 e. The van der Waals surface area contributed by atoms with Gasteiger partial charge in [0.05, 0.1) is 18.1 Å². The smallest absolute Gasteiger partial charge is 0.387 e. The van der Waals surface area contributed by atoms with Crippen molar-refractivity contribution in [1.29, 1.82) is 0 Å². The van der Waals surface area contributed by atoms with E-state index in [9.17, 15) is 18.9 Å². The highest BCUT2D eigenvalue weighted by molar-refractivity contribution is 5.59. The molecule has 0 aromatic heterocycles. The zero-order valence-corrected chi connectivity index (χ0v) is 14.5. The number of hydrogen-bond donors (Lipinski definition) is 0. The normalized spacial score (nSPS) is 21.8. The molecule has 9 heteroatoms. The number of hydrogen-bond acceptors (Lipinski definition) is 6. The van der Waals surface area contributed by atoms with Gasteiger partial charge in [-0.1, -0.05) is 0 Å². The van der Waals surface area contributed by atoms with Gasteiger partial charge < -0.3 is 14.4 Å². The second kappa shape index (κ2) is 8.59. The Hall–Kier alpha value is -2.00. The SMILES string of the molecule is O=[N+]([O-])c1ccc(N2CCCC(CN3CCOCC3)C2)cc1OC(F)F. The fourth-order valence-corrected chi connectivity index (χ4v) is 3.64. The van der Waals surface area contributed by atoms with Crippen LogP contribution in [-0.2, 0) is 4.74 Å². The standard InChI is InChI=1S/C17H23F2N3O4/c18-17(19)26-16-10-14(3-4-15(16)22(23)24)21-5-1-2-13(12-21)11-20-6-8-25-9-7-20/h3-4,10,13,17H,1-2,5-9,11-12H2. The Balaban J connectivity index is 1.69. The zero-order chi connectivity index (χ0) is 18.5. The topological polar surface area (TPSA) is 68.1 Å². The van der Waals surface area contributed by atoms with E-state index in [1.54, 1.807) is 6.07 Å². The van der Waals surface area contributed by atoms with E-state index < -0.39 is 23.0 Å². The molecule has 3 rings (SSSR count). The van der Waals surface area contributed by atoms with Gasteiger partial charge in [0.1, 0.15) is 0 Å². The number of nitrogens with zero attached hydrogens (tertiary/aromatic N) is 3. The lowest BCUT2D eigenvalue weighted by atomic mass is 9.96. The van der Waals surface area contributed by atoms with Crippen molar-refractivity contribution in [2.24, 2.45) is 5.92 Å². The number of halogens is 2. The average molecular weight is 371 g/mol. The van der Waals surface area contributed by atoms with E-state index in [0.717, 1.165) is 58.8 Å². The lowest BCUT2D eigenvalue weighted by Gasteiger charge is -2.38. The number of nitro groups is 1. The number of morpholine rings is 1. The number of ether oxygens (including phenoxy) is 2. The summed E-state index contributed by atoms with van der Waals surface area (Å²) in [4.78, 5) is 14.8. The highest BCUT2D eigenvalue weighted by Gasteiger charge is 2.26. The van der Waals surface area contributed by atoms with Crippen LogP contribution in [0.5, 0.6) is 5.75 Å². The van der Waals surface area contributed by atoms with E-state index >= 15 is 0 Å². The molecule has 1 aromatic carbocycles. The summed E-state index contributed by atoms with van der Waals surface area (Å²) in [6, 6.07) is 4.19. The molecule has 0 aliphatic carbocycles. The second-order valence-corrected chi connectivity index (χ2v) is 6.65. The molecule has 1 atom stereocenters. The lowest BCUT2D eigenvalue weighted by Crippen LogP contribution is -2.44. The van der Waals surface area contributed by atoms with E-state index in [0.29, 0.717) is 11.6 Å². The third kappa shape index (κ3) is 4.79. The molecule has 2 aliphatic heterocycles. The van der Waals surface area contributed by atoms with Crippen molar-refractivity contribution in [1.82, 2.24) is 4.90 Å². The van der Waals surface area contributed by atoms with Gasteiger partial charge in [0, 0.05) is 50.5 Å². The van der Waals surface area contributed by atoms with Crippen LogP contribution in [0.25, 0.3) is 0 Å². The highest BCUT2D eigenvalue weighted by Crippen LogP contribution is 2.34. The molecule has 2 saturated heterocycles. The highest BCUT2D eigenvalue weighted by atomic mass is 19.3. The van der Waals surface area contributed by atoms with Gasteiger partial charge in [0.15, 0.2) is 0 Å². The molecule has 1 aromatic rings. The van der Waals surface area contributed by atoms with Crippen LogP contribution < -0.4 is 9.64 Å². The first-order chi connectivity index (χ1) is 12.5. The molecule has 2 aliphatic rings. The molecule has 0 N–H and O–H groups in total. The molecule has 1 unspecified atom stereocenters. The molecule has 0 amide bonds. The Morgan fingerprint density at radius 1 is 1.31 bits per heavy atom. The number of nitro benzene ring substituents is 1. The summed E-state index contributed by atoms with van der Waals surface area (Å²) in [6.45, 7) is 2.85. The Bertz CT molecular complexity index is 626. The van der Waals surface area contributed by atoms with Gasteiger partial charge in [-0.25, -0.2) is 0 Å². The molecule has 2 heterocycles. The Morgan fingerprint density at radius 2 is 2.08 bits per heavy atom. The van der Waals surface area contributed by atoms with Crippen molar-refractivity contribution in [3.05, 3.63) is 28.3 Å². The summed E-state index contributed by atoms with van der Waals surface area (Å²) in [7, 11) is 0. The van der Waals surface area contributed by atoms with Gasteiger partial charge in [-0.2, -0.15) is 8.78 Å². The first kappa shape index (κ1) is 18.8. The molecule has 0 saturated carbocycles. The quantitative estimate of drug-likeness (QED) is 0.566. The first-order valence-corrected chi connectivity index (χ1v) is 8.81. The van der Waals surface area contributed by atoms with Gasteiger partial charge in [-0.15, -0.1) is 0 Å². The van der Waals surface area contributed by atoms with Crippen LogP contribution in [0.2, 0.25) is 0 Å². The summed E-state index contributed by atoms with van der Waals surface area (Å²) in [5, 5.41) is 11.0. The van der Waals surface area contributed by atoms with Crippen molar-refractivity contribution < 1.29 is 23.2 Å².